The molecule has 0 unspecified atom stereocenters. The first-order chi connectivity index (χ1) is 9.93. The van der Waals surface area contributed by atoms with E-state index in [0.717, 1.165) is 13.1 Å². The molecule has 1 aromatic rings. The van der Waals surface area contributed by atoms with Crippen LogP contribution in [0.5, 0.6) is 5.75 Å². The van der Waals surface area contributed by atoms with Gasteiger partial charge in [0.2, 0.25) is 10.0 Å². The summed E-state index contributed by atoms with van der Waals surface area (Å²) in [6.07, 6.45) is 1.38. The molecule has 0 radical (unpaired) electrons. The zero-order valence-corrected chi connectivity index (χ0v) is 12.4. The summed E-state index contributed by atoms with van der Waals surface area (Å²) in [5.74, 6) is -0.326. The fourth-order valence-corrected chi connectivity index (χ4v) is 3.91. The maximum atomic E-state index is 12.6. The summed E-state index contributed by atoms with van der Waals surface area (Å²) in [6.45, 7) is -1.59. The number of nitrogens with zero attached hydrogens (tertiary/aromatic N) is 1. The van der Waals surface area contributed by atoms with Crippen LogP contribution in [0.15, 0.2) is 29.2 Å². The van der Waals surface area contributed by atoms with Crippen LogP contribution in [0.1, 0.15) is 12.8 Å². The highest BCUT2D eigenvalue weighted by Gasteiger charge is 2.31. The van der Waals surface area contributed by atoms with Crippen LogP contribution in [-0.2, 0) is 10.0 Å². The smallest absolute Gasteiger partial charge is 0.387 e. The monoisotopic (exact) mass is 320 g/mol. The van der Waals surface area contributed by atoms with Gasteiger partial charge in [-0.1, -0.05) is 12.1 Å². The molecule has 0 atom stereocenters. The number of alkyl halides is 2. The molecule has 0 aliphatic carbocycles. The Balaban J connectivity index is 2.30. The van der Waals surface area contributed by atoms with Crippen LogP contribution in [0.4, 0.5) is 8.78 Å². The molecular weight excluding hydrogens is 302 g/mol. The van der Waals surface area contributed by atoms with Gasteiger partial charge in [-0.25, -0.2) is 8.42 Å². The Morgan fingerprint density at radius 1 is 1.29 bits per heavy atom. The fraction of sp³-hybridized carbons (Fsp3) is 0.538. The van der Waals surface area contributed by atoms with Gasteiger partial charge in [-0.2, -0.15) is 13.1 Å². The van der Waals surface area contributed by atoms with Crippen molar-refractivity contribution in [1.82, 2.24) is 9.62 Å². The molecule has 1 aromatic carbocycles. The number of piperidine rings is 1. The van der Waals surface area contributed by atoms with Crippen molar-refractivity contribution < 1.29 is 21.9 Å². The van der Waals surface area contributed by atoms with Gasteiger partial charge in [-0.05, 0) is 38.1 Å². The Labute approximate surface area is 122 Å². The van der Waals surface area contributed by atoms with Gasteiger partial charge in [-0.3, -0.25) is 0 Å². The first kappa shape index (κ1) is 16.1. The maximum Gasteiger partial charge on any atom is 0.387 e. The van der Waals surface area contributed by atoms with E-state index in [9.17, 15) is 17.2 Å². The summed E-state index contributed by atoms with van der Waals surface area (Å²) in [5.41, 5.74) is 0. The number of hydrogen-bond donors (Lipinski definition) is 1. The van der Waals surface area contributed by atoms with Crippen LogP contribution in [0.25, 0.3) is 0 Å². The molecule has 1 N–H and O–H groups in total. The van der Waals surface area contributed by atoms with E-state index in [2.05, 4.69) is 10.1 Å². The molecule has 2 rings (SSSR count). The number of nitrogens with one attached hydrogen (secondary N) is 1. The normalized spacial score (nSPS) is 17.4. The number of halogens is 2. The molecule has 1 aliphatic rings. The van der Waals surface area contributed by atoms with Crippen LogP contribution in [0.2, 0.25) is 0 Å². The highest BCUT2D eigenvalue weighted by Crippen LogP contribution is 2.29. The predicted molar refractivity (Wildman–Crippen MR) is 73.9 cm³/mol. The van der Waals surface area contributed by atoms with Crippen LogP contribution in [0, 0.1) is 0 Å². The Bertz CT molecular complexity index is 575. The van der Waals surface area contributed by atoms with Gasteiger partial charge in [0.1, 0.15) is 10.6 Å². The Hall–Kier alpha value is -1.25. The Kier molecular flexibility index (Phi) is 5.13. The van der Waals surface area contributed by atoms with Crippen LogP contribution in [0.3, 0.4) is 0 Å². The molecule has 5 nitrogen and oxygen atoms in total. The highest BCUT2D eigenvalue weighted by atomic mass is 32.2. The standard InChI is InChI=1S/C13H18F2N2O3S/c1-17(10-6-8-16-9-7-10)21(18,19)12-5-3-2-4-11(12)20-13(14)15/h2-5,10,13,16H,6-9H2,1H3. The molecule has 1 saturated heterocycles. The topological polar surface area (TPSA) is 58.6 Å². The van der Waals surface area contributed by atoms with E-state index >= 15 is 0 Å². The number of para-hydroxylation sites is 1. The van der Waals surface area contributed by atoms with Gasteiger partial charge in [-0.15, -0.1) is 0 Å². The van der Waals surface area contributed by atoms with E-state index in [1.165, 1.54) is 35.6 Å². The van der Waals surface area contributed by atoms with E-state index in [-0.39, 0.29) is 16.7 Å². The summed E-state index contributed by atoms with van der Waals surface area (Å²) < 4.78 is 55.6. The molecule has 1 heterocycles. The van der Waals surface area contributed by atoms with Gasteiger partial charge in [0.05, 0.1) is 0 Å². The van der Waals surface area contributed by atoms with Gasteiger partial charge in [0, 0.05) is 13.1 Å². The van der Waals surface area contributed by atoms with Gasteiger partial charge in [0.15, 0.2) is 0 Å². The van der Waals surface area contributed by atoms with Crippen LogP contribution in [-0.4, -0.2) is 45.5 Å². The molecule has 1 aliphatic heterocycles. The van der Waals surface area contributed by atoms with E-state index in [4.69, 9.17) is 0 Å². The molecule has 1 fully saturated rings. The number of hydrogen-bond acceptors (Lipinski definition) is 4. The maximum absolute atomic E-state index is 12.6. The van der Waals surface area contributed by atoms with Crippen molar-refractivity contribution in [3.63, 3.8) is 0 Å². The predicted octanol–water partition coefficient (Wildman–Crippen LogP) is 1.66. The van der Waals surface area contributed by atoms with Gasteiger partial charge >= 0.3 is 6.61 Å². The molecule has 21 heavy (non-hydrogen) atoms. The number of sulfonamides is 1. The Morgan fingerprint density at radius 2 is 1.90 bits per heavy atom. The summed E-state index contributed by atoms with van der Waals surface area (Å²) in [7, 11) is -2.39. The number of benzene rings is 1. The molecule has 0 spiro atoms. The third-order valence-electron chi connectivity index (χ3n) is 3.55. The first-order valence-electron chi connectivity index (χ1n) is 6.65. The lowest BCUT2D eigenvalue weighted by Crippen LogP contribution is -2.43. The third-order valence-corrected chi connectivity index (χ3v) is 5.49. The summed E-state index contributed by atoms with van der Waals surface area (Å²) in [6, 6.07) is 5.32. The van der Waals surface area contributed by atoms with E-state index in [0.29, 0.717) is 12.8 Å². The van der Waals surface area contributed by atoms with E-state index < -0.39 is 16.6 Å². The molecule has 0 bridgehead atoms. The Morgan fingerprint density at radius 3 is 2.52 bits per heavy atom. The third kappa shape index (κ3) is 3.69. The SMILES string of the molecule is CN(C1CCNCC1)S(=O)(=O)c1ccccc1OC(F)F. The second-order valence-corrected chi connectivity index (χ2v) is 6.79. The molecule has 0 saturated carbocycles. The molecule has 8 heteroatoms. The average Bonchev–Trinajstić information content (AvgIpc) is 2.47. The summed E-state index contributed by atoms with van der Waals surface area (Å²) in [4.78, 5) is -0.230. The molecule has 0 amide bonds. The minimum atomic E-state index is -3.87. The lowest BCUT2D eigenvalue weighted by Gasteiger charge is -2.31. The van der Waals surface area contributed by atoms with Crippen molar-refractivity contribution in [2.24, 2.45) is 0 Å². The first-order valence-corrected chi connectivity index (χ1v) is 8.09. The number of ether oxygens (including phenoxy) is 1. The minimum absolute atomic E-state index is 0.143. The van der Waals surface area contributed by atoms with Crippen molar-refractivity contribution in [1.29, 1.82) is 0 Å². The molecule has 118 valence electrons. The number of rotatable bonds is 5. The second-order valence-electron chi connectivity index (χ2n) is 4.83. The average molecular weight is 320 g/mol. The van der Waals surface area contributed by atoms with Crippen molar-refractivity contribution in [2.75, 3.05) is 20.1 Å². The van der Waals surface area contributed by atoms with Crippen LogP contribution >= 0.6 is 0 Å². The summed E-state index contributed by atoms with van der Waals surface area (Å²) >= 11 is 0. The van der Waals surface area contributed by atoms with E-state index in [1.807, 2.05) is 0 Å². The largest absolute Gasteiger partial charge is 0.433 e. The van der Waals surface area contributed by atoms with Gasteiger partial charge in [0.25, 0.3) is 0 Å². The van der Waals surface area contributed by atoms with Crippen molar-refractivity contribution in [3.8, 4) is 5.75 Å². The zero-order valence-electron chi connectivity index (χ0n) is 11.6. The van der Waals surface area contributed by atoms with E-state index in [1.54, 1.807) is 0 Å². The quantitative estimate of drug-likeness (QED) is 0.896. The van der Waals surface area contributed by atoms with Gasteiger partial charge < -0.3 is 10.1 Å². The summed E-state index contributed by atoms with van der Waals surface area (Å²) in [5, 5.41) is 3.15. The lowest BCUT2D eigenvalue weighted by molar-refractivity contribution is -0.0518. The van der Waals surface area contributed by atoms with Crippen LogP contribution < -0.4 is 10.1 Å². The minimum Gasteiger partial charge on any atom is -0.433 e. The molecular formula is C13H18F2N2O3S. The second kappa shape index (κ2) is 6.67. The highest BCUT2D eigenvalue weighted by molar-refractivity contribution is 7.89. The van der Waals surface area contributed by atoms with Crippen molar-refractivity contribution >= 4 is 10.0 Å². The molecule has 0 aromatic heterocycles. The van der Waals surface area contributed by atoms with Crippen molar-refractivity contribution in [2.45, 2.75) is 30.4 Å². The fourth-order valence-electron chi connectivity index (χ4n) is 2.38. The zero-order chi connectivity index (χ0) is 15.5. The lowest BCUT2D eigenvalue weighted by atomic mass is 10.1. The van der Waals surface area contributed by atoms with Crippen molar-refractivity contribution in [3.05, 3.63) is 24.3 Å².